The van der Waals surface area contributed by atoms with Crippen molar-refractivity contribution in [3.05, 3.63) is 59.2 Å². The highest BCUT2D eigenvalue weighted by Crippen LogP contribution is 2.26. The molecule has 0 heterocycles. The standard InChI is InChI=1S/C19H26N2O/c1-20(2)12-15-5-8-17(9-6-15)19-10-7-16(13-21(3)4)11-18(19)14-22/h5-11,22H,12-14H2,1-4H3. The Morgan fingerprint density at radius 3 is 1.86 bits per heavy atom. The summed E-state index contributed by atoms with van der Waals surface area (Å²) < 4.78 is 0. The van der Waals surface area contributed by atoms with Crippen LogP contribution >= 0.6 is 0 Å². The zero-order chi connectivity index (χ0) is 16.1. The fourth-order valence-electron chi connectivity index (χ4n) is 2.68. The van der Waals surface area contributed by atoms with Crippen molar-refractivity contribution in [1.82, 2.24) is 9.80 Å². The lowest BCUT2D eigenvalue weighted by molar-refractivity contribution is 0.282. The maximum Gasteiger partial charge on any atom is 0.0687 e. The predicted octanol–water partition coefficient (Wildman–Crippen LogP) is 2.97. The molecule has 2 aromatic rings. The van der Waals surface area contributed by atoms with E-state index in [0.29, 0.717) is 0 Å². The van der Waals surface area contributed by atoms with Crippen LogP contribution < -0.4 is 0 Å². The topological polar surface area (TPSA) is 26.7 Å². The third kappa shape index (κ3) is 4.41. The molecule has 0 aliphatic rings. The molecule has 0 aromatic heterocycles. The van der Waals surface area contributed by atoms with Crippen LogP contribution in [0.5, 0.6) is 0 Å². The second-order valence-corrected chi connectivity index (χ2v) is 6.32. The van der Waals surface area contributed by atoms with Crippen LogP contribution in [-0.4, -0.2) is 43.1 Å². The fraction of sp³-hybridized carbons (Fsp3) is 0.368. The number of hydrogen-bond donors (Lipinski definition) is 1. The summed E-state index contributed by atoms with van der Waals surface area (Å²) in [4.78, 5) is 4.29. The van der Waals surface area contributed by atoms with Gasteiger partial charge in [-0.1, -0.05) is 42.5 Å². The summed E-state index contributed by atoms with van der Waals surface area (Å²) in [5, 5.41) is 9.69. The van der Waals surface area contributed by atoms with Crippen LogP contribution in [0, 0.1) is 0 Å². The van der Waals surface area contributed by atoms with Gasteiger partial charge in [0.1, 0.15) is 0 Å². The lowest BCUT2D eigenvalue weighted by Gasteiger charge is -2.14. The molecular formula is C19H26N2O. The van der Waals surface area contributed by atoms with Gasteiger partial charge in [0.25, 0.3) is 0 Å². The number of aliphatic hydroxyl groups is 1. The van der Waals surface area contributed by atoms with Crippen LogP contribution in [0.25, 0.3) is 11.1 Å². The first-order valence-corrected chi connectivity index (χ1v) is 7.61. The number of benzene rings is 2. The highest BCUT2D eigenvalue weighted by atomic mass is 16.3. The Balaban J connectivity index is 2.27. The van der Waals surface area contributed by atoms with Crippen LogP contribution in [0.1, 0.15) is 16.7 Å². The molecule has 0 atom stereocenters. The van der Waals surface area contributed by atoms with Crippen LogP contribution in [-0.2, 0) is 19.7 Å². The maximum atomic E-state index is 9.69. The molecule has 2 rings (SSSR count). The Morgan fingerprint density at radius 1 is 0.773 bits per heavy atom. The summed E-state index contributed by atoms with van der Waals surface area (Å²) in [5.41, 5.74) is 5.77. The molecule has 0 saturated heterocycles. The Hall–Kier alpha value is -1.68. The molecule has 0 spiro atoms. The minimum Gasteiger partial charge on any atom is -0.392 e. The SMILES string of the molecule is CN(C)Cc1ccc(-c2ccc(CN(C)C)cc2CO)cc1. The first kappa shape index (κ1) is 16.7. The van der Waals surface area contributed by atoms with Crippen molar-refractivity contribution in [2.24, 2.45) is 0 Å². The molecule has 118 valence electrons. The van der Waals surface area contributed by atoms with E-state index in [1.807, 2.05) is 0 Å². The molecule has 3 nitrogen and oxygen atoms in total. The van der Waals surface area contributed by atoms with Gasteiger partial charge in [-0.25, -0.2) is 0 Å². The lowest BCUT2D eigenvalue weighted by atomic mass is 9.97. The van der Waals surface area contributed by atoms with Crippen LogP contribution in [0.15, 0.2) is 42.5 Å². The van der Waals surface area contributed by atoms with Gasteiger partial charge in [0, 0.05) is 13.1 Å². The van der Waals surface area contributed by atoms with E-state index < -0.39 is 0 Å². The number of hydrogen-bond acceptors (Lipinski definition) is 3. The zero-order valence-electron chi connectivity index (χ0n) is 14.0. The molecule has 0 radical (unpaired) electrons. The molecule has 0 aliphatic heterocycles. The van der Waals surface area contributed by atoms with Gasteiger partial charge < -0.3 is 14.9 Å². The van der Waals surface area contributed by atoms with E-state index in [2.05, 4.69) is 80.5 Å². The van der Waals surface area contributed by atoms with E-state index in [4.69, 9.17) is 0 Å². The van der Waals surface area contributed by atoms with E-state index in [9.17, 15) is 5.11 Å². The normalized spacial score (nSPS) is 11.4. The molecule has 1 N–H and O–H groups in total. The van der Waals surface area contributed by atoms with Gasteiger partial charge >= 0.3 is 0 Å². The third-order valence-electron chi connectivity index (χ3n) is 3.60. The molecule has 0 bridgehead atoms. The van der Waals surface area contributed by atoms with Crippen molar-refractivity contribution in [1.29, 1.82) is 0 Å². The largest absolute Gasteiger partial charge is 0.392 e. The summed E-state index contributed by atoms with van der Waals surface area (Å²) in [5.74, 6) is 0. The van der Waals surface area contributed by atoms with Gasteiger partial charge in [-0.05, 0) is 56.0 Å². The van der Waals surface area contributed by atoms with Crippen molar-refractivity contribution in [3.8, 4) is 11.1 Å². The molecule has 2 aromatic carbocycles. The minimum atomic E-state index is 0.0655. The minimum absolute atomic E-state index is 0.0655. The van der Waals surface area contributed by atoms with Crippen LogP contribution in [0.3, 0.4) is 0 Å². The Bertz CT molecular complexity index is 603. The number of nitrogens with zero attached hydrogens (tertiary/aromatic N) is 2. The first-order valence-electron chi connectivity index (χ1n) is 7.61. The molecular weight excluding hydrogens is 272 g/mol. The van der Waals surface area contributed by atoms with Gasteiger partial charge in [0.2, 0.25) is 0 Å². The first-order chi connectivity index (χ1) is 10.5. The second kappa shape index (κ2) is 7.54. The Labute approximate surface area is 133 Å². The Morgan fingerprint density at radius 2 is 1.32 bits per heavy atom. The average molecular weight is 298 g/mol. The molecule has 0 aliphatic carbocycles. The van der Waals surface area contributed by atoms with Crippen molar-refractivity contribution in [2.45, 2.75) is 19.7 Å². The maximum absolute atomic E-state index is 9.69. The van der Waals surface area contributed by atoms with Crippen molar-refractivity contribution in [2.75, 3.05) is 28.2 Å². The van der Waals surface area contributed by atoms with E-state index >= 15 is 0 Å². The number of rotatable bonds is 6. The Kier molecular flexibility index (Phi) is 5.72. The third-order valence-corrected chi connectivity index (χ3v) is 3.60. The fourth-order valence-corrected chi connectivity index (χ4v) is 2.68. The van der Waals surface area contributed by atoms with Crippen molar-refractivity contribution >= 4 is 0 Å². The summed E-state index contributed by atoms with van der Waals surface area (Å²) in [6, 6.07) is 14.9. The van der Waals surface area contributed by atoms with E-state index in [1.165, 1.54) is 11.1 Å². The van der Waals surface area contributed by atoms with Gasteiger partial charge in [0.05, 0.1) is 6.61 Å². The molecule has 0 unspecified atom stereocenters. The van der Waals surface area contributed by atoms with E-state index in [1.54, 1.807) is 0 Å². The van der Waals surface area contributed by atoms with Gasteiger partial charge in [-0.15, -0.1) is 0 Å². The monoisotopic (exact) mass is 298 g/mol. The summed E-state index contributed by atoms with van der Waals surface area (Å²) in [6.45, 7) is 1.89. The summed E-state index contributed by atoms with van der Waals surface area (Å²) >= 11 is 0. The zero-order valence-corrected chi connectivity index (χ0v) is 14.0. The van der Waals surface area contributed by atoms with Crippen LogP contribution in [0.2, 0.25) is 0 Å². The van der Waals surface area contributed by atoms with Crippen molar-refractivity contribution in [3.63, 3.8) is 0 Å². The smallest absolute Gasteiger partial charge is 0.0687 e. The highest BCUT2D eigenvalue weighted by molar-refractivity contribution is 5.68. The highest BCUT2D eigenvalue weighted by Gasteiger charge is 2.07. The average Bonchev–Trinajstić information content (AvgIpc) is 2.47. The van der Waals surface area contributed by atoms with E-state index in [0.717, 1.165) is 29.8 Å². The van der Waals surface area contributed by atoms with Crippen LogP contribution in [0.4, 0.5) is 0 Å². The molecule has 22 heavy (non-hydrogen) atoms. The molecule has 0 fully saturated rings. The van der Waals surface area contributed by atoms with Gasteiger partial charge in [0.15, 0.2) is 0 Å². The second-order valence-electron chi connectivity index (χ2n) is 6.32. The summed E-state index contributed by atoms with van der Waals surface area (Å²) in [7, 11) is 8.24. The molecule has 0 saturated carbocycles. The predicted molar refractivity (Wildman–Crippen MR) is 92.6 cm³/mol. The van der Waals surface area contributed by atoms with Crippen molar-refractivity contribution < 1.29 is 5.11 Å². The lowest BCUT2D eigenvalue weighted by Crippen LogP contribution is -2.11. The van der Waals surface area contributed by atoms with Gasteiger partial charge in [-0.3, -0.25) is 0 Å². The van der Waals surface area contributed by atoms with Gasteiger partial charge in [-0.2, -0.15) is 0 Å². The quantitative estimate of drug-likeness (QED) is 0.888. The van der Waals surface area contributed by atoms with E-state index in [-0.39, 0.29) is 6.61 Å². The summed E-state index contributed by atoms with van der Waals surface area (Å²) in [6.07, 6.45) is 0. The molecule has 0 amide bonds. The number of aliphatic hydroxyl groups excluding tert-OH is 1. The molecule has 3 heteroatoms.